The van der Waals surface area contributed by atoms with Gasteiger partial charge in [-0.1, -0.05) is 26.8 Å². The number of nitrogens with zero attached hydrogens (tertiary/aromatic N) is 1. The number of nitro benzene ring substituents is 1. The quantitative estimate of drug-likeness (QED) is 0.406. The zero-order valence-electron chi connectivity index (χ0n) is 12.9. The smallest absolute Gasteiger partial charge is 0.310 e. The fraction of sp³-hybridized carbons (Fsp3) is 0.600. The summed E-state index contributed by atoms with van der Waals surface area (Å²) in [5.74, 6) is 2.46. The molecule has 118 valence electrons. The minimum absolute atomic E-state index is 0.0337. The molecule has 1 aromatic rings. The molecule has 0 amide bonds. The second-order valence-corrected chi connectivity index (χ2v) is 6.39. The molecule has 0 saturated carbocycles. The Labute approximate surface area is 130 Å². The molecule has 0 saturated heterocycles. The average Bonchev–Trinajstić information content (AvgIpc) is 2.44. The summed E-state index contributed by atoms with van der Waals surface area (Å²) in [7, 11) is 0. The number of hydrogen-bond acceptors (Lipinski definition) is 5. The van der Waals surface area contributed by atoms with Gasteiger partial charge in [0.25, 0.3) is 0 Å². The van der Waals surface area contributed by atoms with Gasteiger partial charge in [-0.15, -0.1) is 0 Å². The number of thioether (sulfide) groups is 1. The van der Waals surface area contributed by atoms with Crippen molar-refractivity contribution >= 4 is 17.4 Å². The molecule has 1 aromatic carbocycles. The van der Waals surface area contributed by atoms with Crippen LogP contribution in [0, 0.1) is 10.1 Å². The molecule has 0 aromatic heterocycles. The van der Waals surface area contributed by atoms with Crippen molar-refractivity contribution in [3.05, 3.63) is 33.9 Å². The van der Waals surface area contributed by atoms with E-state index in [1.165, 1.54) is 6.07 Å². The van der Waals surface area contributed by atoms with Crippen molar-refractivity contribution in [2.45, 2.75) is 39.8 Å². The van der Waals surface area contributed by atoms with Crippen molar-refractivity contribution < 1.29 is 9.66 Å². The van der Waals surface area contributed by atoms with Crippen molar-refractivity contribution in [3.63, 3.8) is 0 Å². The van der Waals surface area contributed by atoms with Crippen LogP contribution in [0.1, 0.15) is 32.8 Å². The molecule has 0 heterocycles. The third-order valence-corrected chi connectivity index (χ3v) is 3.82. The van der Waals surface area contributed by atoms with Crippen molar-refractivity contribution in [1.29, 1.82) is 0 Å². The predicted molar refractivity (Wildman–Crippen MR) is 88.2 cm³/mol. The van der Waals surface area contributed by atoms with E-state index in [1.54, 1.807) is 12.1 Å². The van der Waals surface area contributed by atoms with Gasteiger partial charge in [0.1, 0.15) is 0 Å². The number of hydrogen-bond donors (Lipinski definition) is 1. The van der Waals surface area contributed by atoms with E-state index in [2.05, 4.69) is 26.1 Å². The first-order chi connectivity index (χ1) is 10.0. The number of ether oxygens (including phenoxy) is 1. The van der Waals surface area contributed by atoms with Gasteiger partial charge in [0.2, 0.25) is 0 Å². The zero-order chi connectivity index (χ0) is 15.7. The van der Waals surface area contributed by atoms with E-state index in [0.717, 1.165) is 23.5 Å². The lowest BCUT2D eigenvalue weighted by Crippen LogP contribution is -2.21. The summed E-state index contributed by atoms with van der Waals surface area (Å²) < 4.78 is 5.61. The van der Waals surface area contributed by atoms with Gasteiger partial charge in [-0.3, -0.25) is 10.1 Å². The van der Waals surface area contributed by atoms with Crippen LogP contribution >= 0.6 is 11.8 Å². The third-order valence-electron chi connectivity index (χ3n) is 2.83. The molecule has 0 unspecified atom stereocenters. The van der Waals surface area contributed by atoms with Crippen LogP contribution in [0.4, 0.5) is 5.69 Å². The fourth-order valence-corrected chi connectivity index (χ4v) is 2.36. The predicted octanol–water partition coefficient (Wildman–Crippen LogP) is 3.61. The van der Waals surface area contributed by atoms with Crippen LogP contribution in [-0.2, 0) is 6.54 Å². The molecule has 1 rings (SSSR count). The maximum Gasteiger partial charge on any atom is 0.310 e. The summed E-state index contributed by atoms with van der Waals surface area (Å²) in [6.07, 6.45) is 0.893. The summed E-state index contributed by atoms with van der Waals surface area (Å²) in [6, 6.07) is 5.43. The minimum atomic E-state index is -0.393. The van der Waals surface area contributed by atoms with Gasteiger partial charge in [0, 0.05) is 18.7 Å². The van der Waals surface area contributed by atoms with Crippen LogP contribution < -0.4 is 10.1 Å². The Morgan fingerprint density at radius 2 is 2.19 bits per heavy atom. The second kappa shape index (κ2) is 9.63. The Bertz CT molecular complexity index is 453. The Kier molecular flexibility index (Phi) is 8.15. The average molecular weight is 312 g/mol. The van der Waals surface area contributed by atoms with Crippen LogP contribution in [0.15, 0.2) is 18.2 Å². The highest BCUT2D eigenvalue weighted by atomic mass is 32.2. The Morgan fingerprint density at radius 1 is 1.43 bits per heavy atom. The number of rotatable bonds is 10. The highest BCUT2D eigenvalue weighted by Crippen LogP contribution is 2.28. The highest BCUT2D eigenvalue weighted by molar-refractivity contribution is 7.99. The Balaban J connectivity index is 2.67. The number of nitro groups is 1. The summed E-state index contributed by atoms with van der Waals surface area (Å²) in [6.45, 7) is 7.43. The lowest BCUT2D eigenvalue weighted by molar-refractivity contribution is -0.385. The molecular weight excluding hydrogens is 288 g/mol. The van der Waals surface area contributed by atoms with Gasteiger partial charge in [-0.2, -0.15) is 11.8 Å². The first-order valence-electron chi connectivity index (χ1n) is 7.25. The molecule has 0 radical (unpaired) electrons. The second-order valence-electron chi connectivity index (χ2n) is 4.99. The van der Waals surface area contributed by atoms with Crippen molar-refractivity contribution in [2.24, 2.45) is 0 Å². The summed E-state index contributed by atoms with van der Waals surface area (Å²) in [4.78, 5) is 10.6. The zero-order valence-corrected chi connectivity index (χ0v) is 13.7. The molecule has 21 heavy (non-hydrogen) atoms. The van der Waals surface area contributed by atoms with E-state index in [0.29, 0.717) is 24.9 Å². The largest absolute Gasteiger partial charge is 0.487 e. The Morgan fingerprint density at radius 3 is 2.81 bits per heavy atom. The molecule has 0 bridgehead atoms. The van der Waals surface area contributed by atoms with Gasteiger partial charge in [-0.05, 0) is 29.6 Å². The van der Waals surface area contributed by atoms with Crippen LogP contribution in [0.3, 0.4) is 0 Å². The third kappa shape index (κ3) is 6.82. The van der Waals surface area contributed by atoms with Crippen LogP contribution in [0.5, 0.6) is 5.75 Å². The molecule has 0 atom stereocenters. The molecule has 0 spiro atoms. The molecule has 6 heteroatoms. The monoisotopic (exact) mass is 312 g/mol. The van der Waals surface area contributed by atoms with Crippen molar-refractivity contribution in [1.82, 2.24) is 5.32 Å². The normalized spacial score (nSPS) is 10.9. The van der Waals surface area contributed by atoms with Gasteiger partial charge < -0.3 is 10.1 Å². The van der Waals surface area contributed by atoms with E-state index in [9.17, 15) is 10.1 Å². The van der Waals surface area contributed by atoms with E-state index in [4.69, 9.17) is 4.74 Å². The van der Waals surface area contributed by atoms with Crippen LogP contribution in [0.25, 0.3) is 0 Å². The van der Waals surface area contributed by atoms with Gasteiger partial charge in [-0.25, -0.2) is 0 Å². The van der Waals surface area contributed by atoms with Gasteiger partial charge >= 0.3 is 5.69 Å². The summed E-state index contributed by atoms with van der Waals surface area (Å²) in [5, 5.41) is 14.3. The first-order valence-corrected chi connectivity index (χ1v) is 8.41. The number of nitrogens with one attached hydrogen (secondary N) is 1. The van der Waals surface area contributed by atoms with Crippen LogP contribution in [0.2, 0.25) is 0 Å². The fourth-order valence-electron chi connectivity index (χ4n) is 1.74. The Hall–Kier alpha value is -1.27. The van der Waals surface area contributed by atoms with Crippen molar-refractivity contribution in [3.8, 4) is 5.75 Å². The summed E-state index contributed by atoms with van der Waals surface area (Å²) >= 11 is 1.84. The van der Waals surface area contributed by atoms with Gasteiger partial charge in [0.15, 0.2) is 5.75 Å². The lowest BCUT2D eigenvalue weighted by Gasteiger charge is -2.11. The van der Waals surface area contributed by atoms with E-state index in [1.807, 2.05) is 11.8 Å². The molecule has 0 aliphatic rings. The molecule has 5 nitrogen and oxygen atoms in total. The van der Waals surface area contributed by atoms with Crippen molar-refractivity contribution in [2.75, 3.05) is 18.1 Å². The minimum Gasteiger partial charge on any atom is -0.487 e. The molecule has 0 fully saturated rings. The first kappa shape index (κ1) is 17.8. The molecule has 0 aliphatic heterocycles. The maximum absolute atomic E-state index is 11.0. The SMILES string of the molecule is CCSCCCOc1cc(CNC(C)C)ccc1[N+](=O)[O-]. The topological polar surface area (TPSA) is 64.4 Å². The number of benzene rings is 1. The standard InChI is InChI=1S/C15H24N2O3S/c1-4-21-9-5-8-20-15-10-13(11-16-12(2)3)6-7-14(15)17(18)19/h6-7,10,12,16H,4-5,8-9,11H2,1-3H3. The molecular formula is C15H24N2O3S. The van der Waals surface area contributed by atoms with Crippen LogP contribution in [-0.4, -0.2) is 29.1 Å². The van der Waals surface area contributed by atoms with E-state index >= 15 is 0 Å². The maximum atomic E-state index is 11.0. The van der Waals surface area contributed by atoms with E-state index < -0.39 is 4.92 Å². The molecule has 1 N–H and O–H groups in total. The lowest BCUT2D eigenvalue weighted by atomic mass is 10.2. The molecule has 0 aliphatic carbocycles. The summed E-state index contributed by atoms with van der Waals surface area (Å²) in [5.41, 5.74) is 1.03. The van der Waals surface area contributed by atoms with Gasteiger partial charge in [0.05, 0.1) is 11.5 Å². The van der Waals surface area contributed by atoms with E-state index in [-0.39, 0.29) is 5.69 Å². The highest BCUT2D eigenvalue weighted by Gasteiger charge is 2.15.